The van der Waals surface area contributed by atoms with Gasteiger partial charge in [0.2, 0.25) is 5.91 Å². The molecule has 4 aromatic rings. The monoisotopic (exact) mass is 521 g/mol. The third-order valence-corrected chi connectivity index (χ3v) is 7.70. The third-order valence-electron chi connectivity index (χ3n) is 7.70. The fourth-order valence-corrected chi connectivity index (χ4v) is 5.66. The molecule has 0 radical (unpaired) electrons. The van der Waals surface area contributed by atoms with E-state index in [4.69, 9.17) is 5.73 Å². The number of nitrogens with one attached hydrogen (secondary N) is 1. The predicted molar refractivity (Wildman–Crippen MR) is 148 cm³/mol. The molecule has 39 heavy (non-hydrogen) atoms. The number of benzene rings is 3. The zero-order chi connectivity index (χ0) is 26.9. The van der Waals surface area contributed by atoms with Crippen molar-refractivity contribution in [1.29, 1.82) is 0 Å². The molecule has 1 amide bonds. The zero-order valence-corrected chi connectivity index (χ0v) is 21.6. The fourth-order valence-electron chi connectivity index (χ4n) is 5.66. The summed E-state index contributed by atoms with van der Waals surface area (Å²) in [4.78, 5) is 31.9. The van der Waals surface area contributed by atoms with Crippen LogP contribution in [0.25, 0.3) is 16.8 Å². The number of nitrogens with zero attached hydrogens (tertiary/aromatic N) is 3. The van der Waals surface area contributed by atoms with Gasteiger partial charge in [-0.3, -0.25) is 19.1 Å². The van der Waals surface area contributed by atoms with Gasteiger partial charge in [0.15, 0.2) is 5.78 Å². The predicted octanol–water partition coefficient (Wildman–Crippen LogP) is 3.62. The second-order valence-electron chi connectivity index (χ2n) is 10.3. The quantitative estimate of drug-likeness (QED) is 0.357. The molecule has 1 aromatic heterocycles. The van der Waals surface area contributed by atoms with Crippen LogP contribution >= 0.6 is 0 Å². The lowest BCUT2D eigenvalue weighted by molar-refractivity contribution is 0.0965. The topological polar surface area (TPSA) is 113 Å². The number of hydrogen-bond donors (Lipinski definition) is 3. The molecule has 3 aromatic carbocycles. The van der Waals surface area contributed by atoms with Crippen LogP contribution in [0.2, 0.25) is 0 Å². The molecule has 4 N–H and O–H groups in total. The van der Waals surface area contributed by atoms with Gasteiger partial charge in [-0.05, 0) is 46.9 Å². The number of likely N-dealkylation sites (tertiary alicyclic amines) is 1. The Kier molecular flexibility index (Phi) is 6.83. The number of amides is 1. The standard InChI is InChI=1S/C31H31N5O3/c32-31(39)22-5-3-6-24(14-22)36-19-34-28-16-33-27(15-29(38)30(28)36)21-10-8-20(9-11-21)26-7-2-1-4-23(26)17-35-13-12-25(37)18-35/h1-11,14,19,25,27,33,37H,12-13,15-18H2,(H2,32,39)/t25-,27?/m0/s1. The van der Waals surface area contributed by atoms with Gasteiger partial charge in [-0.1, -0.05) is 54.6 Å². The number of rotatable bonds is 6. The smallest absolute Gasteiger partial charge is 0.248 e. The number of hydrogen-bond acceptors (Lipinski definition) is 6. The summed E-state index contributed by atoms with van der Waals surface area (Å²) in [6.07, 6.45) is 2.51. The molecule has 2 aliphatic rings. The lowest BCUT2D eigenvalue weighted by atomic mass is 9.95. The van der Waals surface area contributed by atoms with Crippen molar-refractivity contribution in [1.82, 2.24) is 19.8 Å². The Bertz CT molecular complexity index is 1530. The number of primary amides is 1. The second kappa shape index (κ2) is 10.6. The third kappa shape index (κ3) is 5.14. The van der Waals surface area contributed by atoms with Gasteiger partial charge in [0.05, 0.1) is 11.8 Å². The van der Waals surface area contributed by atoms with Crippen LogP contribution < -0.4 is 11.1 Å². The van der Waals surface area contributed by atoms with Gasteiger partial charge in [0.1, 0.15) is 12.0 Å². The summed E-state index contributed by atoms with van der Waals surface area (Å²) < 4.78 is 1.74. The van der Waals surface area contributed by atoms with Gasteiger partial charge in [-0.25, -0.2) is 4.98 Å². The van der Waals surface area contributed by atoms with Crippen LogP contribution in [-0.2, 0) is 13.1 Å². The first-order valence-corrected chi connectivity index (χ1v) is 13.3. The number of carbonyl (C=O) groups excluding carboxylic acids is 2. The minimum atomic E-state index is -0.517. The summed E-state index contributed by atoms with van der Waals surface area (Å²) in [6.45, 7) is 2.89. The average Bonchev–Trinajstić information content (AvgIpc) is 3.53. The first-order chi connectivity index (χ1) is 19.0. The highest BCUT2D eigenvalue weighted by atomic mass is 16.3. The minimum Gasteiger partial charge on any atom is -0.392 e. The molecule has 0 aliphatic carbocycles. The normalized spacial score (nSPS) is 19.6. The SMILES string of the molecule is NC(=O)c1cccc(-n2cnc3c2C(=O)CC(c2ccc(-c4ccccc4CN4CC[C@H](O)C4)cc2)NC3)c1. The Labute approximate surface area is 227 Å². The first kappa shape index (κ1) is 25.2. The van der Waals surface area contributed by atoms with Gasteiger partial charge < -0.3 is 16.2 Å². The molecule has 8 heteroatoms. The molecule has 1 saturated heterocycles. The molecule has 1 fully saturated rings. The molecule has 0 saturated carbocycles. The van der Waals surface area contributed by atoms with Crippen molar-refractivity contribution >= 4 is 11.7 Å². The highest BCUT2D eigenvalue weighted by Crippen LogP contribution is 2.30. The molecule has 2 atom stereocenters. The summed E-state index contributed by atoms with van der Waals surface area (Å²) in [5, 5.41) is 13.4. The van der Waals surface area contributed by atoms with Crippen molar-refractivity contribution in [2.45, 2.75) is 38.1 Å². The van der Waals surface area contributed by atoms with Gasteiger partial charge >= 0.3 is 0 Å². The number of β-amino-alcohol motifs (C(OH)–C–C–N with tert-alkyl or cyclic N) is 1. The summed E-state index contributed by atoms with van der Waals surface area (Å²) in [7, 11) is 0. The Morgan fingerprint density at radius 3 is 2.67 bits per heavy atom. The molecule has 2 aliphatic heterocycles. The van der Waals surface area contributed by atoms with E-state index in [-0.39, 0.29) is 17.9 Å². The molecule has 6 rings (SSSR count). The van der Waals surface area contributed by atoms with E-state index in [9.17, 15) is 14.7 Å². The van der Waals surface area contributed by atoms with E-state index in [1.54, 1.807) is 29.1 Å². The van der Waals surface area contributed by atoms with E-state index in [0.717, 1.165) is 30.6 Å². The molecule has 0 bridgehead atoms. The number of nitrogens with two attached hydrogens (primary N) is 1. The summed E-state index contributed by atoms with van der Waals surface area (Å²) in [5.41, 5.74) is 12.3. The van der Waals surface area contributed by atoms with Crippen LogP contribution in [0.4, 0.5) is 0 Å². The van der Waals surface area contributed by atoms with Crippen molar-refractivity contribution in [3.8, 4) is 16.8 Å². The van der Waals surface area contributed by atoms with Gasteiger partial charge in [-0.2, -0.15) is 0 Å². The number of imidazole rings is 1. The Morgan fingerprint density at radius 2 is 1.90 bits per heavy atom. The van der Waals surface area contributed by atoms with Crippen LogP contribution in [-0.4, -0.2) is 50.4 Å². The van der Waals surface area contributed by atoms with Gasteiger partial charge in [0.25, 0.3) is 0 Å². The van der Waals surface area contributed by atoms with E-state index in [1.807, 2.05) is 6.07 Å². The molecule has 0 spiro atoms. The lowest BCUT2D eigenvalue weighted by Gasteiger charge is -2.19. The first-order valence-electron chi connectivity index (χ1n) is 13.3. The van der Waals surface area contributed by atoms with E-state index in [1.165, 1.54) is 11.1 Å². The maximum Gasteiger partial charge on any atom is 0.248 e. The lowest BCUT2D eigenvalue weighted by Crippen LogP contribution is -2.21. The van der Waals surface area contributed by atoms with E-state index < -0.39 is 5.91 Å². The number of Topliss-reactive ketones (excluding diaryl/α,β-unsaturated/α-hetero) is 1. The van der Waals surface area contributed by atoms with Crippen LogP contribution in [0.5, 0.6) is 0 Å². The average molecular weight is 522 g/mol. The molecular weight excluding hydrogens is 490 g/mol. The Balaban J connectivity index is 1.21. The van der Waals surface area contributed by atoms with Crippen LogP contribution in [0, 0.1) is 0 Å². The van der Waals surface area contributed by atoms with Crippen LogP contribution in [0.15, 0.2) is 79.1 Å². The highest BCUT2D eigenvalue weighted by Gasteiger charge is 2.28. The van der Waals surface area contributed by atoms with Crippen LogP contribution in [0.3, 0.4) is 0 Å². The molecule has 3 heterocycles. The van der Waals surface area contributed by atoms with Crippen LogP contribution in [0.1, 0.15) is 56.6 Å². The van der Waals surface area contributed by atoms with Gasteiger partial charge in [0, 0.05) is 49.9 Å². The summed E-state index contributed by atoms with van der Waals surface area (Å²) in [6, 6.07) is 23.6. The van der Waals surface area contributed by atoms with E-state index >= 15 is 0 Å². The van der Waals surface area contributed by atoms with Crippen molar-refractivity contribution in [3.63, 3.8) is 0 Å². The molecule has 1 unspecified atom stereocenters. The highest BCUT2D eigenvalue weighted by molar-refractivity contribution is 5.97. The van der Waals surface area contributed by atoms with Crippen molar-refractivity contribution in [3.05, 3.63) is 107 Å². The van der Waals surface area contributed by atoms with E-state index in [0.29, 0.717) is 42.1 Å². The number of ketones is 1. The summed E-state index contributed by atoms with van der Waals surface area (Å²) >= 11 is 0. The van der Waals surface area contributed by atoms with Crippen molar-refractivity contribution in [2.24, 2.45) is 5.73 Å². The summed E-state index contributed by atoms with van der Waals surface area (Å²) in [5.74, 6) is -0.527. The maximum absolute atomic E-state index is 13.5. The molecular formula is C31H31N5O3. The van der Waals surface area contributed by atoms with Gasteiger partial charge in [-0.15, -0.1) is 0 Å². The number of fused-ring (bicyclic) bond motifs is 1. The molecule has 198 valence electrons. The van der Waals surface area contributed by atoms with E-state index in [2.05, 4.69) is 63.7 Å². The van der Waals surface area contributed by atoms with Crippen molar-refractivity contribution < 1.29 is 14.7 Å². The molecule has 8 nitrogen and oxygen atoms in total. The minimum absolute atomic E-state index is 0.01000. The number of aliphatic hydroxyl groups excluding tert-OH is 1. The fraction of sp³-hybridized carbons (Fsp3) is 0.258. The Hall–Kier alpha value is -4.11. The second-order valence-corrected chi connectivity index (χ2v) is 10.3. The number of carbonyl (C=O) groups is 2. The zero-order valence-electron chi connectivity index (χ0n) is 21.6. The largest absolute Gasteiger partial charge is 0.392 e. The maximum atomic E-state index is 13.5. The number of aliphatic hydroxyl groups is 1. The number of aromatic nitrogens is 2. The Morgan fingerprint density at radius 1 is 1.08 bits per heavy atom. The van der Waals surface area contributed by atoms with Crippen molar-refractivity contribution in [2.75, 3.05) is 13.1 Å².